The van der Waals surface area contributed by atoms with Gasteiger partial charge in [-0.3, -0.25) is 4.21 Å². The van der Waals surface area contributed by atoms with E-state index in [0.717, 1.165) is 16.9 Å². The average molecular weight is 244 g/mol. The molecule has 4 heteroatoms. The first kappa shape index (κ1) is 11.1. The molecule has 2 nitrogen and oxygen atoms in total. The van der Waals surface area contributed by atoms with Crippen LogP contribution >= 0.6 is 11.6 Å². The summed E-state index contributed by atoms with van der Waals surface area (Å²) in [7, 11) is 1.01. The normalized spacial score (nSPS) is 29.1. The number of rotatable bonds is 2. The van der Waals surface area contributed by atoms with Gasteiger partial charge in [0.25, 0.3) is 0 Å². The molecule has 1 aromatic rings. The van der Waals surface area contributed by atoms with Crippen molar-refractivity contribution < 1.29 is 4.21 Å². The molecule has 3 atom stereocenters. The van der Waals surface area contributed by atoms with Crippen LogP contribution in [0.3, 0.4) is 0 Å². The van der Waals surface area contributed by atoms with E-state index >= 15 is 0 Å². The Hall–Kier alpha value is -0.380. The van der Waals surface area contributed by atoms with Crippen LogP contribution in [0.15, 0.2) is 23.1 Å². The van der Waals surface area contributed by atoms with Crippen LogP contribution in [0.25, 0.3) is 0 Å². The summed E-state index contributed by atoms with van der Waals surface area (Å²) in [5, 5.41) is 4.11. The lowest BCUT2D eigenvalue weighted by atomic mass is 10.0. The fourth-order valence-corrected chi connectivity index (χ4v) is 4.12. The molecule has 0 radical (unpaired) electrons. The number of hydrogen-bond acceptors (Lipinski definition) is 2. The van der Waals surface area contributed by atoms with E-state index in [4.69, 9.17) is 11.6 Å². The summed E-state index contributed by atoms with van der Waals surface area (Å²) < 4.78 is 12.1. The van der Waals surface area contributed by atoms with Crippen molar-refractivity contribution in [1.82, 2.24) is 5.32 Å². The smallest absolute Gasteiger partial charge is 0.0587 e. The molecule has 0 fully saturated rings. The topological polar surface area (TPSA) is 29.1 Å². The van der Waals surface area contributed by atoms with Crippen molar-refractivity contribution in [2.24, 2.45) is 0 Å². The summed E-state index contributed by atoms with van der Waals surface area (Å²) in [6.07, 6.45) is 0.907. The van der Waals surface area contributed by atoms with Crippen molar-refractivity contribution in [2.75, 3.05) is 7.05 Å². The molecule has 3 unspecified atom stereocenters. The third kappa shape index (κ3) is 1.73. The molecule has 2 rings (SSSR count). The summed E-state index contributed by atoms with van der Waals surface area (Å²) in [6.45, 7) is 2.07. The Morgan fingerprint density at radius 2 is 2.27 bits per heavy atom. The maximum atomic E-state index is 12.1. The zero-order valence-corrected chi connectivity index (χ0v) is 10.4. The van der Waals surface area contributed by atoms with Gasteiger partial charge < -0.3 is 5.32 Å². The van der Waals surface area contributed by atoms with Crippen LogP contribution in [0.2, 0.25) is 5.02 Å². The van der Waals surface area contributed by atoms with E-state index in [2.05, 4.69) is 12.2 Å². The van der Waals surface area contributed by atoms with E-state index < -0.39 is 10.8 Å². The lowest BCUT2D eigenvalue weighted by molar-refractivity contribution is 0.553. The van der Waals surface area contributed by atoms with E-state index in [-0.39, 0.29) is 11.3 Å². The maximum absolute atomic E-state index is 12.1. The quantitative estimate of drug-likeness (QED) is 0.865. The molecular weight excluding hydrogens is 230 g/mol. The van der Waals surface area contributed by atoms with Gasteiger partial charge in [-0.15, -0.1) is 0 Å². The first-order valence-corrected chi connectivity index (χ1v) is 6.65. The molecule has 0 bridgehead atoms. The van der Waals surface area contributed by atoms with Gasteiger partial charge in [0.2, 0.25) is 0 Å². The van der Waals surface area contributed by atoms with Gasteiger partial charge in [0.05, 0.1) is 16.0 Å². The Morgan fingerprint density at radius 1 is 1.53 bits per heavy atom. The second-order valence-corrected chi connectivity index (χ2v) is 5.77. The first-order valence-electron chi connectivity index (χ1n) is 5.06. The standard InChI is InChI=1S/C11H14ClNOS/c1-3-9-11(13-2)8-6-7(12)4-5-10(8)15(9)14/h4-6,9,11,13H,3H2,1-2H3. The Labute approximate surface area is 97.5 Å². The minimum absolute atomic E-state index is 0.170. The highest BCUT2D eigenvalue weighted by Gasteiger charge is 2.36. The predicted molar refractivity (Wildman–Crippen MR) is 63.7 cm³/mol. The van der Waals surface area contributed by atoms with Gasteiger partial charge in [-0.25, -0.2) is 0 Å². The molecule has 82 valence electrons. The molecular formula is C11H14ClNOS. The third-order valence-electron chi connectivity index (χ3n) is 2.88. The van der Waals surface area contributed by atoms with Gasteiger partial charge in [0.15, 0.2) is 0 Å². The highest BCUT2D eigenvalue weighted by atomic mass is 35.5. The molecule has 0 aliphatic carbocycles. The molecule has 15 heavy (non-hydrogen) atoms. The lowest BCUT2D eigenvalue weighted by Crippen LogP contribution is -2.26. The zero-order valence-electron chi connectivity index (χ0n) is 8.79. The molecule has 1 heterocycles. The minimum atomic E-state index is -0.895. The number of hydrogen-bond donors (Lipinski definition) is 1. The van der Waals surface area contributed by atoms with Gasteiger partial charge >= 0.3 is 0 Å². The van der Waals surface area contributed by atoms with Gasteiger partial charge in [-0.2, -0.15) is 0 Å². The zero-order chi connectivity index (χ0) is 11.0. The summed E-state index contributed by atoms with van der Waals surface area (Å²) in [6, 6.07) is 5.78. The SMILES string of the molecule is CCC1C(NC)c2cc(Cl)ccc2S1=O. The lowest BCUT2D eigenvalue weighted by Gasteiger charge is -2.16. The number of nitrogens with one attached hydrogen (secondary N) is 1. The molecule has 0 aromatic heterocycles. The van der Waals surface area contributed by atoms with E-state index in [1.807, 2.05) is 25.2 Å². The molecule has 0 saturated heterocycles. The third-order valence-corrected chi connectivity index (χ3v) is 5.08. The summed E-state index contributed by atoms with van der Waals surface area (Å²) in [5.41, 5.74) is 1.09. The van der Waals surface area contributed by atoms with Gasteiger partial charge in [-0.05, 0) is 37.2 Å². The average Bonchev–Trinajstić information content (AvgIpc) is 2.50. The van der Waals surface area contributed by atoms with Crippen molar-refractivity contribution in [3.63, 3.8) is 0 Å². The van der Waals surface area contributed by atoms with Gasteiger partial charge in [-0.1, -0.05) is 18.5 Å². The number of fused-ring (bicyclic) bond motifs is 1. The molecule has 0 spiro atoms. The van der Waals surface area contributed by atoms with E-state index in [0.29, 0.717) is 5.02 Å². The molecule has 1 aliphatic rings. The fourth-order valence-electron chi connectivity index (χ4n) is 2.16. The molecule has 0 amide bonds. The van der Waals surface area contributed by atoms with Crippen molar-refractivity contribution >= 4 is 22.4 Å². The van der Waals surface area contributed by atoms with Gasteiger partial charge in [0.1, 0.15) is 0 Å². The van der Waals surface area contributed by atoms with Crippen LogP contribution in [-0.2, 0) is 10.8 Å². The highest BCUT2D eigenvalue weighted by Crippen LogP contribution is 2.38. The maximum Gasteiger partial charge on any atom is 0.0587 e. The van der Waals surface area contributed by atoms with Crippen molar-refractivity contribution in [3.05, 3.63) is 28.8 Å². The summed E-state index contributed by atoms with van der Waals surface area (Å²) >= 11 is 5.96. The fraction of sp³-hybridized carbons (Fsp3) is 0.455. The second-order valence-electron chi connectivity index (χ2n) is 3.69. The first-order chi connectivity index (χ1) is 7.19. The Kier molecular flexibility index (Phi) is 3.14. The van der Waals surface area contributed by atoms with Crippen molar-refractivity contribution in [1.29, 1.82) is 0 Å². The van der Waals surface area contributed by atoms with Gasteiger partial charge in [0, 0.05) is 16.0 Å². The molecule has 1 aliphatic heterocycles. The van der Waals surface area contributed by atoms with Crippen LogP contribution < -0.4 is 5.32 Å². The van der Waals surface area contributed by atoms with E-state index in [1.54, 1.807) is 0 Å². The molecule has 0 saturated carbocycles. The monoisotopic (exact) mass is 243 g/mol. The highest BCUT2D eigenvalue weighted by molar-refractivity contribution is 7.86. The second kappa shape index (κ2) is 4.24. The number of halogens is 1. The predicted octanol–water partition coefficient (Wildman–Crippen LogP) is 2.50. The molecule has 1 aromatic carbocycles. The Bertz CT molecular complexity index is 408. The van der Waals surface area contributed by atoms with Crippen LogP contribution in [0.4, 0.5) is 0 Å². The molecule has 1 N–H and O–H groups in total. The van der Waals surface area contributed by atoms with E-state index in [9.17, 15) is 4.21 Å². The summed E-state index contributed by atoms with van der Waals surface area (Å²) in [4.78, 5) is 0.936. The van der Waals surface area contributed by atoms with Crippen LogP contribution in [0, 0.1) is 0 Å². The van der Waals surface area contributed by atoms with E-state index in [1.165, 1.54) is 0 Å². The summed E-state index contributed by atoms with van der Waals surface area (Å²) in [5.74, 6) is 0. The number of benzene rings is 1. The van der Waals surface area contributed by atoms with Crippen molar-refractivity contribution in [3.8, 4) is 0 Å². The van der Waals surface area contributed by atoms with Crippen LogP contribution in [0.5, 0.6) is 0 Å². The Morgan fingerprint density at radius 3 is 2.87 bits per heavy atom. The van der Waals surface area contributed by atoms with Crippen LogP contribution in [0.1, 0.15) is 24.9 Å². The van der Waals surface area contributed by atoms with Crippen molar-refractivity contribution in [2.45, 2.75) is 29.5 Å². The minimum Gasteiger partial charge on any atom is -0.312 e. The Balaban J connectivity index is 2.52. The van der Waals surface area contributed by atoms with Crippen LogP contribution in [-0.4, -0.2) is 16.5 Å². The largest absolute Gasteiger partial charge is 0.312 e.